The maximum absolute atomic E-state index is 12.0. The second kappa shape index (κ2) is 7.07. The predicted molar refractivity (Wildman–Crippen MR) is 91.3 cm³/mol. The number of anilines is 1. The molecule has 2 aromatic carbocycles. The van der Waals surface area contributed by atoms with Gasteiger partial charge in [-0.1, -0.05) is 29.8 Å². The first kappa shape index (κ1) is 16.6. The molecule has 124 valence electrons. The van der Waals surface area contributed by atoms with Crippen molar-refractivity contribution in [3.63, 3.8) is 0 Å². The van der Waals surface area contributed by atoms with E-state index in [1.165, 1.54) is 18.2 Å². The number of nitriles is 1. The number of carbonyl (C=O) groups is 2. The number of nitrogens with one attached hydrogen (secondary N) is 1. The highest BCUT2D eigenvalue weighted by Crippen LogP contribution is 2.21. The molecule has 0 spiro atoms. The molecule has 6 nitrogen and oxygen atoms in total. The Bertz CT molecular complexity index is 971. The van der Waals surface area contributed by atoms with Crippen LogP contribution < -0.4 is 5.32 Å². The Kier molecular flexibility index (Phi) is 4.68. The van der Waals surface area contributed by atoms with Crippen molar-refractivity contribution in [2.45, 2.75) is 0 Å². The normalized spacial score (nSPS) is 10.2. The molecule has 0 bridgehead atoms. The number of halogens is 1. The van der Waals surface area contributed by atoms with E-state index in [1.807, 2.05) is 12.1 Å². The molecule has 1 heterocycles. The van der Waals surface area contributed by atoms with Crippen molar-refractivity contribution >= 4 is 40.1 Å². The van der Waals surface area contributed by atoms with Crippen molar-refractivity contribution < 1.29 is 18.7 Å². The lowest BCUT2D eigenvalue weighted by Gasteiger charge is -2.06. The van der Waals surface area contributed by atoms with Crippen molar-refractivity contribution in [2.75, 3.05) is 11.9 Å². The molecule has 3 rings (SSSR count). The van der Waals surface area contributed by atoms with E-state index < -0.39 is 18.5 Å². The number of esters is 1. The molecule has 0 saturated heterocycles. The van der Waals surface area contributed by atoms with Crippen LogP contribution in [-0.2, 0) is 9.53 Å². The summed E-state index contributed by atoms with van der Waals surface area (Å²) in [5.74, 6) is -1.25. The van der Waals surface area contributed by atoms with Gasteiger partial charge in [-0.3, -0.25) is 4.79 Å². The number of para-hydroxylation sites is 1. The minimum Gasteiger partial charge on any atom is -0.450 e. The van der Waals surface area contributed by atoms with Gasteiger partial charge in [0, 0.05) is 11.1 Å². The third-order valence-corrected chi connectivity index (χ3v) is 3.65. The first-order valence-electron chi connectivity index (χ1n) is 7.22. The molecule has 0 unspecified atom stereocenters. The summed E-state index contributed by atoms with van der Waals surface area (Å²) in [6.07, 6.45) is 0. The molecule has 0 radical (unpaired) electrons. The molecule has 7 heteroatoms. The second-order valence-corrected chi connectivity index (χ2v) is 5.49. The van der Waals surface area contributed by atoms with Crippen LogP contribution in [0.2, 0.25) is 5.02 Å². The lowest BCUT2D eigenvalue weighted by atomic mass is 10.2. The van der Waals surface area contributed by atoms with Crippen molar-refractivity contribution in [1.29, 1.82) is 5.26 Å². The summed E-state index contributed by atoms with van der Waals surface area (Å²) >= 11 is 5.89. The maximum atomic E-state index is 12.0. The van der Waals surface area contributed by atoms with Gasteiger partial charge in [0.2, 0.25) is 5.76 Å². The first-order valence-corrected chi connectivity index (χ1v) is 7.60. The lowest BCUT2D eigenvalue weighted by molar-refractivity contribution is -0.119. The van der Waals surface area contributed by atoms with Crippen LogP contribution in [0.5, 0.6) is 0 Å². The molecule has 25 heavy (non-hydrogen) atoms. The van der Waals surface area contributed by atoms with Gasteiger partial charge < -0.3 is 14.5 Å². The smallest absolute Gasteiger partial charge is 0.374 e. The molecule has 0 aliphatic heterocycles. The average molecular weight is 355 g/mol. The van der Waals surface area contributed by atoms with E-state index in [9.17, 15) is 9.59 Å². The fraction of sp³-hybridized carbons (Fsp3) is 0.0556. The number of furan rings is 1. The largest absolute Gasteiger partial charge is 0.450 e. The van der Waals surface area contributed by atoms with Gasteiger partial charge in [0.05, 0.1) is 10.6 Å². The van der Waals surface area contributed by atoms with E-state index in [4.69, 9.17) is 26.0 Å². The van der Waals surface area contributed by atoms with Crippen LogP contribution in [0.3, 0.4) is 0 Å². The number of nitrogens with zero attached hydrogens (tertiary/aromatic N) is 1. The van der Waals surface area contributed by atoms with Crippen LogP contribution in [-0.4, -0.2) is 18.5 Å². The van der Waals surface area contributed by atoms with Gasteiger partial charge in [-0.15, -0.1) is 0 Å². The number of carbonyl (C=O) groups excluding carboxylic acids is 2. The third-order valence-electron chi connectivity index (χ3n) is 3.33. The molecular weight excluding hydrogens is 344 g/mol. The van der Waals surface area contributed by atoms with E-state index in [1.54, 1.807) is 24.3 Å². The zero-order valence-corrected chi connectivity index (χ0v) is 13.5. The SMILES string of the molecule is N#Cc1ccc(NC(=O)COC(=O)c2cc3ccccc3o2)cc1Cl. The molecule has 1 N–H and O–H groups in total. The Morgan fingerprint density at radius 2 is 2.00 bits per heavy atom. The van der Waals surface area contributed by atoms with Gasteiger partial charge in [0.1, 0.15) is 11.7 Å². The average Bonchev–Trinajstić information content (AvgIpc) is 3.04. The summed E-state index contributed by atoms with van der Waals surface area (Å²) in [4.78, 5) is 23.8. The monoisotopic (exact) mass is 354 g/mol. The number of hydrogen-bond acceptors (Lipinski definition) is 5. The molecule has 3 aromatic rings. The van der Waals surface area contributed by atoms with Crippen LogP contribution in [0.15, 0.2) is 52.9 Å². The van der Waals surface area contributed by atoms with Gasteiger partial charge >= 0.3 is 5.97 Å². The van der Waals surface area contributed by atoms with Gasteiger partial charge in [0.15, 0.2) is 6.61 Å². The number of ether oxygens (including phenoxy) is 1. The zero-order valence-electron chi connectivity index (χ0n) is 12.8. The summed E-state index contributed by atoms with van der Waals surface area (Å²) in [6, 6.07) is 15.1. The fourth-order valence-electron chi connectivity index (χ4n) is 2.17. The summed E-state index contributed by atoms with van der Waals surface area (Å²) in [7, 11) is 0. The van der Waals surface area contributed by atoms with Crippen molar-refractivity contribution in [1.82, 2.24) is 0 Å². The van der Waals surface area contributed by atoms with Gasteiger partial charge in [-0.2, -0.15) is 5.26 Å². The third kappa shape index (κ3) is 3.79. The minimum atomic E-state index is -0.732. The number of benzene rings is 2. The molecular formula is C18H11ClN2O4. The fourth-order valence-corrected chi connectivity index (χ4v) is 2.39. The van der Waals surface area contributed by atoms with Crippen molar-refractivity contribution in [3.05, 3.63) is 64.9 Å². The Hall–Kier alpha value is -3.30. The van der Waals surface area contributed by atoms with E-state index in [2.05, 4.69) is 5.32 Å². The summed E-state index contributed by atoms with van der Waals surface area (Å²) in [6.45, 7) is -0.479. The van der Waals surface area contributed by atoms with Crippen molar-refractivity contribution in [3.8, 4) is 6.07 Å². The van der Waals surface area contributed by atoms with Gasteiger partial charge in [-0.25, -0.2) is 4.79 Å². The molecule has 0 aliphatic rings. The predicted octanol–water partition coefficient (Wildman–Crippen LogP) is 3.75. The minimum absolute atomic E-state index is 0.0235. The molecule has 0 saturated carbocycles. The Morgan fingerprint density at radius 1 is 1.20 bits per heavy atom. The van der Waals surface area contributed by atoms with E-state index in [0.717, 1.165) is 5.39 Å². The Morgan fingerprint density at radius 3 is 2.72 bits per heavy atom. The molecule has 1 amide bonds. The van der Waals surface area contributed by atoms with Crippen molar-refractivity contribution in [2.24, 2.45) is 0 Å². The van der Waals surface area contributed by atoms with Crippen LogP contribution in [0.1, 0.15) is 16.1 Å². The molecule has 0 aliphatic carbocycles. The van der Waals surface area contributed by atoms with E-state index in [-0.39, 0.29) is 10.8 Å². The highest BCUT2D eigenvalue weighted by Gasteiger charge is 2.15. The van der Waals surface area contributed by atoms with Crippen LogP contribution in [0.4, 0.5) is 5.69 Å². The van der Waals surface area contributed by atoms with E-state index >= 15 is 0 Å². The highest BCUT2D eigenvalue weighted by atomic mass is 35.5. The molecule has 0 atom stereocenters. The zero-order chi connectivity index (χ0) is 17.8. The lowest BCUT2D eigenvalue weighted by Crippen LogP contribution is -2.20. The number of amides is 1. The number of rotatable bonds is 4. The first-order chi connectivity index (χ1) is 12.1. The summed E-state index contributed by atoms with van der Waals surface area (Å²) in [5.41, 5.74) is 1.26. The second-order valence-electron chi connectivity index (χ2n) is 5.08. The maximum Gasteiger partial charge on any atom is 0.374 e. The summed E-state index contributed by atoms with van der Waals surface area (Å²) in [5, 5.41) is 12.3. The number of hydrogen-bond donors (Lipinski definition) is 1. The molecule has 1 aromatic heterocycles. The Balaban J connectivity index is 1.59. The van der Waals surface area contributed by atoms with Crippen LogP contribution in [0, 0.1) is 11.3 Å². The Labute approximate surface area is 147 Å². The van der Waals surface area contributed by atoms with E-state index in [0.29, 0.717) is 16.8 Å². The number of fused-ring (bicyclic) bond motifs is 1. The van der Waals surface area contributed by atoms with Crippen LogP contribution in [0.25, 0.3) is 11.0 Å². The summed E-state index contributed by atoms with van der Waals surface area (Å²) < 4.78 is 10.3. The van der Waals surface area contributed by atoms with Gasteiger partial charge in [0.25, 0.3) is 5.91 Å². The highest BCUT2D eigenvalue weighted by molar-refractivity contribution is 6.32. The van der Waals surface area contributed by atoms with Crippen LogP contribution >= 0.6 is 11.6 Å². The standard InChI is InChI=1S/C18H11ClN2O4/c19-14-8-13(6-5-12(14)9-20)21-17(22)10-24-18(23)16-7-11-3-1-2-4-15(11)25-16/h1-8H,10H2,(H,21,22). The molecule has 0 fully saturated rings. The quantitative estimate of drug-likeness (QED) is 0.720. The van der Waals surface area contributed by atoms with Gasteiger partial charge in [-0.05, 0) is 30.3 Å². The topological polar surface area (TPSA) is 92.3 Å².